The summed E-state index contributed by atoms with van der Waals surface area (Å²) >= 11 is 0. The predicted octanol–water partition coefficient (Wildman–Crippen LogP) is 1.84. The summed E-state index contributed by atoms with van der Waals surface area (Å²) < 4.78 is 6.88. The molecule has 5 rings (SSSR count). The van der Waals surface area contributed by atoms with Gasteiger partial charge in [0.2, 0.25) is 11.8 Å². The molecule has 2 aliphatic rings. The van der Waals surface area contributed by atoms with Crippen LogP contribution in [-0.2, 0) is 16.0 Å². The van der Waals surface area contributed by atoms with E-state index in [4.69, 9.17) is 4.42 Å². The zero-order valence-electron chi connectivity index (χ0n) is 20.1. The quantitative estimate of drug-likeness (QED) is 0.473. The van der Waals surface area contributed by atoms with E-state index in [1.807, 2.05) is 13.8 Å². The lowest BCUT2D eigenvalue weighted by Crippen LogP contribution is -2.45. The molecule has 186 valence electrons. The Kier molecular flexibility index (Phi) is 5.50. The number of imide groups is 1. The van der Waals surface area contributed by atoms with Crippen LogP contribution in [-0.4, -0.2) is 39.7 Å². The van der Waals surface area contributed by atoms with Gasteiger partial charge in [-0.3, -0.25) is 33.9 Å². The summed E-state index contributed by atoms with van der Waals surface area (Å²) in [5.41, 5.74) is 0.122. The Labute approximate surface area is 205 Å². The number of aryl methyl sites for hydroxylation is 1. The number of carbonyl (C=O) groups excluding carboxylic acids is 4. The van der Waals surface area contributed by atoms with E-state index < -0.39 is 23.4 Å². The van der Waals surface area contributed by atoms with Crippen LogP contribution in [0.5, 0.6) is 0 Å². The average molecular weight is 492 g/mol. The van der Waals surface area contributed by atoms with Gasteiger partial charge in [0.05, 0.1) is 22.2 Å². The van der Waals surface area contributed by atoms with Gasteiger partial charge in [-0.1, -0.05) is 19.9 Å². The van der Waals surface area contributed by atoms with Gasteiger partial charge in [-0.2, -0.15) is 0 Å². The van der Waals surface area contributed by atoms with Gasteiger partial charge in [-0.05, 0) is 30.9 Å². The molecule has 4 heterocycles. The standard InChI is InChI=1S/C25H25N5O6/c1-12-27-20-13(24(35)30(12)16-7-8-18(31)29-22(16)33)5-4-6-15(20)28-21(32)14-10-36-17-9-25(2,3)11-26-23(34)19(14)17/h4-6,10,16H,7-9,11H2,1-3H3,(H,26,34)(H,28,32)(H,29,31,33). The van der Waals surface area contributed by atoms with Crippen LogP contribution < -0.4 is 21.5 Å². The van der Waals surface area contributed by atoms with Crippen LogP contribution in [0.4, 0.5) is 5.69 Å². The highest BCUT2D eigenvalue weighted by molar-refractivity contribution is 6.14. The Balaban J connectivity index is 1.51. The van der Waals surface area contributed by atoms with Gasteiger partial charge in [-0.25, -0.2) is 4.98 Å². The molecule has 0 saturated carbocycles. The third kappa shape index (κ3) is 3.96. The molecular weight excluding hydrogens is 466 g/mol. The highest BCUT2D eigenvalue weighted by Gasteiger charge is 2.34. The predicted molar refractivity (Wildman–Crippen MR) is 129 cm³/mol. The van der Waals surface area contributed by atoms with E-state index >= 15 is 0 Å². The first-order valence-corrected chi connectivity index (χ1v) is 11.6. The van der Waals surface area contributed by atoms with Crippen molar-refractivity contribution in [2.75, 3.05) is 11.9 Å². The van der Waals surface area contributed by atoms with E-state index in [9.17, 15) is 24.0 Å². The van der Waals surface area contributed by atoms with Crippen molar-refractivity contribution in [1.29, 1.82) is 0 Å². The van der Waals surface area contributed by atoms with E-state index in [1.54, 1.807) is 25.1 Å². The zero-order chi connectivity index (χ0) is 25.8. The number of amides is 4. The molecule has 4 amide bonds. The molecule has 1 unspecified atom stereocenters. The molecule has 0 aliphatic carbocycles. The molecule has 1 aromatic carbocycles. The van der Waals surface area contributed by atoms with E-state index in [-0.39, 0.29) is 63.6 Å². The van der Waals surface area contributed by atoms with Crippen molar-refractivity contribution in [3.63, 3.8) is 0 Å². The monoisotopic (exact) mass is 491 g/mol. The van der Waals surface area contributed by atoms with Gasteiger partial charge >= 0.3 is 0 Å². The fourth-order valence-corrected chi connectivity index (χ4v) is 4.76. The van der Waals surface area contributed by atoms with E-state index in [0.29, 0.717) is 18.7 Å². The molecule has 3 aromatic rings. The first kappa shape index (κ1) is 23.5. The van der Waals surface area contributed by atoms with Gasteiger partial charge in [0.1, 0.15) is 29.4 Å². The topological polar surface area (TPSA) is 152 Å². The summed E-state index contributed by atoms with van der Waals surface area (Å²) in [5, 5.41) is 8.05. The molecular formula is C25H25N5O6. The smallest absolute Gasteiger partial charge is 0.262 e. The minimum atomic E-state index is -0.852. The summed E-state index contributed by atoms with van der Waals surface area (Å²) in [4.78, 5) is 67.7. The van der Waals surface area contributed by atoms with Crippen LogP contribution in [0.2, 0.25) is 0 Å². The third-order valence-electron chi connectivity index (χ3n) is 6.58. The number of nitrogens with zero attached hydrogens (tertiary/aromatic N) is 2. The van der Waals surface area contributed by atoms with Gasteiger partial charge in [-0.15, -0.1) is 0 Å². The van der Waals surface area contributed by atoms with E-state index in [0.717, 1.165) is 0 Å². The zero-order valence-corrected chi connectivity index (χ0v) is 20.1. The molecule has 2 aliphatic heterocycles. The SMILES string of the molecule is Cc1nc2c(NC(=O)c3coc4c3C(=O)NCC(C)(C)C4)cccc2c(=O)n1C1CCC(=O)NC1=O. The van der Waals surface area contributed by atoms with Crippen LogP contribution in [0.15, 0.2) is 33.7 Å². The molecule has 0 spiro atoms. The summed E-state index contributed by atoms with van der Waals surface area (Å²) in [6.45, 7) is 6.03. The molecule has 1 fully saturated rings. The van der Waals surface area contributed by atoms with Crippen molar-refractivity contribution in [2.24, 2.45) is 5.41 Å². The number of aromatic nitrogens is 2. The van der Waals surface area contributed by atoms with Crippen molar-refractivity contribution in [3.05, 3.63) is 57.5 Å². The Morgan fingerprint density at radius 1 is 1.22 bits per heavy atom. The number of para-hydroxylation sites is 1. The second-order valence-corrected chi connectivity index (χ2v) is 9.93. The van der Waals surface area contributed by atoms with Crippen molar-refractivity contribution < 1.29 is 23.6 Å². The summed E-state index contributed by atoms with van der Waals surface area (Å²) in [6.07, 6.45) is 2.07. The molecule has 3 N–H and O–H groups in total. The largest absolute Gasteiger partial charge is 0.468 e. The molecule has 36 heavy (non-hydrogen) atoms. The fraction of sp³-hybridized carbons (Fsp3) is 0.360. The number of fused-ring (bicyclic) bond motifs is 2. The lowest BCUT2D eigenvalue weighted by Gasteiger charge is -2.24. The van der Waals surface area contributed by atoms with Crippen molar-refractivity contribution in [2.45, 2.75) is 46.1 Å². The van der Waals surface area contributed by atoms with Crippen molar-refractivity contribution >= 4 is 40.2 Å². The molecule has 11 heteroatoms. The van der Waals surface area contributed by atoms with E-state index in [1.165, 1.54) is 10.8 Å². The molecule has 1 atom stereocenters. The maximum absolute atomic E-state index is 13.4. The fourth-order valence-electron chi connectivity index (χ4n) is 4.76. The highest BCUT2D eigenvalue weighted by Crippen LogP contribution is 2.30. The lowest BCUT2D eigenvalue weighted by molar-refractivity contribution is -0.135. The van der Waals surface area contributed by atoms with Crippen LogP contribution in [0.1, 0.15) is 65.0 Å². The third-order valence-corrected chi connectivity index (χ3v) is 6.58. The van der Waals surface area contributed by atoms with Gasteiger partial charge < -0.3 is 15.1 Å². The van der Waals surface area contributed by atoms with Crippen molar-refractivity contribution in [1.82, 2.24) is 20.2 Å². The molecule has 0 bridgehead atoms. The Morgan fingerprint density at radius 2 is 2.00 bits per heavy atom. The number of hydrogen-bond acceptors (Lipinski definition) is 7. The summed E-state index contributed by atoms with van der Waals surface area (Å²) in [6, 6.07) is 3.90. The molecule has 0 radical (unpaired) electrons. The van der Waals surface area contributed by atoms with E-state index in [2.05, 4.69) is 20.9 Å². The number of nitrogens with one attached hydrogen (secondary N) is 3. The van der Waals surface area contributed by atoms with Crippen molar-refractivity contribution in [3.8, 4) is 0 Å². The highest BCUT2D eigenvalue weighted by atomic mass is 16.3. The van der Waals surface area contributed by atoms with Gasteiger partial charge in [0, 0.05) is 19.4 Å². The maximum atomic E-state index is 13.4. The average Bonchev–Trinajstić information content (AvgIpc) is 3.17. The minimum absolute atomic E-state index is 0.0887. The first-order valence-electron chi connectivity index (χ1n) is 11.6. The van der Waals surface area contributed by atoms with Crippen LogP contribution in [0.3, 0.4) is 0 Å². The Hall–Kier alpha value is -4.28. The normalized spacial score (nSPS) is 19.3. The number of anilines is 1. The van der Waals surface area contributed by atoms with Crippen LogP contribution in [0, 0.1) is 12.3 Å². The van der Waals surface area contributed by atoms with Gasteiger partial charge in [0.15, 0.2) is 0 Å². The number of furan rings is 1. The first-order chi connectivity index (χ1) is 17.1. The molecule has 1 saturated heterocycles. The second kappa shape index (κ2) is 8.43. The Bertz CT molecular complexity index is 1520. The number of rotatable bonds is 3. The number of piperidine rings is 1. The van der Waals surface area contributed by atoms with Gasteiger partial charge in [0.25, 0.3) is 17.4 Å². The number of benzene rings is 1. The summed E-state index contributed by atoms with van der Waals surface area (Å²) in [7, 11) is 0. The summed E-state index contributed by atoms with van der Waals surface area (Å²) in [5.74, 6) is -1.18. The number of hydrogen-bond donors (Lipinski definition) is 3. The number of carbonyl (C=O) groups is 4. The molecule has 2 aromatic heterocycles. The van der Waals surface area contributed by atoms with Crippen LogP contribution >= 0.6 is 0 Å². The maximum Gasteiger partial charge on any atom is 0.262 e. The molecule has 11 nitrogen and oxygen atoms in total. The Morgan fingerprint density at radius 3 is 2.75 bits per heavy atom. The lowest BCUT2D eigenvalue weighted by atomic mass is 9.88. The minimum Gasteiger partial charge on any atom is -0.468 e. The van der Waals surface area contributed by atoms with Crippen LogP contribution in [0.25, 0.3) is 10.9 Å². The second-order valence-electron chi connectivity index (χ2n) is 9.93.